The minimum absolute atomic E-state index is 0.0455. The maximum Gasteiger partial charge on any atom is 0.322 e. The number of rotatable bonds is 4. The molecule has 2 aromatic rings. The standard InChI is InChI=1S/C22H25N3O4/c26-21(20-11-6-16-28-20)24-12-14-25(15-13-24)22(27)23-18-9-4-5-10-19(18)29-17-7-2-1-3-8-17/h1-5,7-10,20H,6,11-16H2,(H,23,27). The van der Waals surface area contributed by atoms with E-state index in [1.165, 1.54) is 0 Å². The number of carbonyl (C=O) groups is 2. The predicted octanol–water partition coefficient (Wildman–Crippen LogP) is 3.33. The largest absolute Gasteiger partial charge is 0.455 e. The van der Waals surface area contributed by atoms with Gasteiger partial charge >= 0.3 is 6.03 Å². The first kappa shape index (κ1) is 19.3. The van der Waals surface area contributed by atoms with Gasteiger partial charge in [-0.25, -0.2) is 4.79 Å². The van der Waals surface area contributed by atoms with Gasteiger partial charge in [0.15, 0.2) is 5.75 Å². The van der Waals surface area contributed by atoms with Crippen molar-refractivity contribution in [2.24, 2.45) is 0 Å². The van der Waals surface area contributed by atoms with Crippen LogP contribution in [0.25, 0.3) is 0 Å². The monoisotopic (exact) mass is 395 g/mol. The van der Waals surface area contributed by atoms with Crippen LogP contribution in [0.1, 0.15) is 12.8 Å². The molecule has 2 aliphatic heterocycles. The van der Waals surface area contributed by atoms with Gasteiger partial charge in [-0.15, -0.1) is 0 Å². The summed E-state index contributed by atoms with van der Waals surface area (Å²) in [5.41, 5.74) is 0.610. The van der Waals surface area contributed by atoms with Crippen LogP contribution >= 0.6 is 0 Å². The lowest BCUT2D eigenvalue weighted by molar-refractivity contribution is -0.142. The zero-order chi connectivity index (χ0) is 20.1. The van der Waals surface area contributed by atoms with Crippen molar-refractivity contribution in [3.63, 3.8) is 0 Å². The lowest BCUT2D eigenvalue weighted by Gasteiger charge is -2.35. The third kappa shape index (κ3) is 4.68. The fourth-order valence-electron chi connectivity index (χ4n) is 3.57. The molecule has 2 aromatic carbocycles. The maximum atomic E-state index is 12.7. The second-order valence-corrected chi connectivity index (χ2v) is 7.16. The van der Waals surface area contributed by atoms with E-state index in [1.807, 2.05) is 54.6 Å². The molecule has 1 N–H and O–H groups in total. The van der Waals surface area contributed by atoms with Crippen LogP contribution in [0.2, 0.25) is 0 Å². The molecule has 4 rings (SSSR count). The highest BCUT2D eigenvalue weighted by molar-refractivity contribution is 5.91. The van der Waals surface area contributed by atoms with Crippen molar-refractivity contribution in [3.8, 4) is 11.5 Å². The Bertz CT molecular complexity index is 844. The first-order chi connectivity index (χ1) is 14.2. The quantitative estimate of drug-likeness (QED) is 0.862. The average Bonchev–Trinajstić information content (AvgIpc) is 3.30. The zero-order valence-corrected chi connectivity index (χ0v) is 16.3. The Hall–Kier alpha value is -3.06. The molecule has 2 aliphatic rings. The molecular weight excluding hydrogens is 370 g/mol. The normalized spacial score (nSPS) is 19.1. The van der Waals surface area contributed by atoms with E-state index >= 15 is 0 Å². The molecule has 1 unspecified atom stereocenters. The smallest absolute Gasteiger partial charge is 0.322 e. The molecule has 3 amide bonds. The Labute approximate surface area is 170 Å². The van der Waals surface area contributed by atoms with E-state index in [-0.39, 0.29) is 18.0 Å². The van der Waals surface area contributed by atoms with Crippen molar-refractivity contribution in [1.29, 1.82) is 0 Å². The van der Waals surface area contributed by atoms with Gasteiger partial charge in [0.2, 0.25) is 0 Å². The van der Waals surface area contributed by atoms with Crippen molar-refractivity contribution in [2.45, 2.75) is 18.9 Å². The second kappa shape index (κ2) is 8.96. The maximum absolute atomic E-state index is 12.7. The molecular formula is C22H25N3O4. The van der Waals surface area contributed by atoms with Crippen LogP contribution in [0.4, 0.5) is 10.5 Å². The number of hydrogen-bond acceptors (Lipinski definition) is 4. The highest BCUT2D eigenvalue weighted by Crippen LogP contribution is 2.29. The molecule has 0 bridgehead atoms. The van der Waals surface area contributed by atoms with Crippen molar-refractivity contribution >= 4 is 17.6 Å². The van der Waals surface area contributed by atoms with E-state index in [1.54, 1.807) is 9.80 Å². The number of nitrogens with zero attached hydrogens (tertiary/aromatic N) is 2. The van der Waals surface area contributed by atoms with Crippen molar-refractivity contribution < 1.29 is 19.1 Å². The molecule has 0 saturated carbocycles. The average molecular weight is 395 g/mol. The Morgan fingerprint density at radius 1 is 0.931 bits per heavy atom. The summed E-state index contributed by atoms with van der Waals surface area (Å²) in [7, 11) is 0. The summed E-state index contributed by atoms with van der Waals surface area (Å²) in [5, 5.41) is 2.93. The topological polar surface area (TPSA) is 71.1 Å². The summed E-state index contributed by atoms with van der Waals surface area (Å²) < 4.78 is 11.4. The fourth-order valence-corrected chi connectivity index (χ4v) is 3.57. The number of para-hydroxylation sites is 3. The summed E-state index contributed by atoms with van der Waals surface area (Å²) in [5.74, 6) is 1.33. The molecule has 2 heterocycles. The van der Waals surface area contributed by atoms with Crippen LogP contribution in [-0.4, -0.2) is 60.6 Å². The highest BCUT2D eigenvalue weighted by Gasteiger charge is 2.31. The number of ether oxygens (including phenoxy) is 2. The molecule has 2 saturated heterocycles. The molecule has 29 heavy (non-hydrogen) atoms. The van der Waals surface area contributed by atoms with Crippen LogP contribution in [0.5, 0.6) is 11.5 Å². The first-order valence-electron chi connectivity index (χ1n) is 9.99. The summed E-state index contributed by atoms with van der Waals surface area (Å²) in [6.45, 7) is 2.68. The number of anilines is 1. The number of amides is 3. The number of benzene rings is 2. The number of piperazine rings is 1. The van der Waals surface area contributed by atoms with Gasteiger partial charge in [0.25, 0.3) is 5.91 Å². The van der Waals surface area contributed by atoms with Crippen molar-refractivity contribution in [2.75, 3.05) is 38.1 Å². The first-order valence-corrected chi connectivity index (χ1v) is 9.99. The fraction of sp³-hybridized carbons (Fsp3) is 0.364. The third-order valence-corrected chi connectivity index (χ3v) is 5.18. The van der Waals surface area contributed by atoms with E-state index in [2.05, 4.69) is 5.32 Å². The molecule has 0 radical (unpaired) electrons. The molecule has 0 spiro atoms. The number of nitrogens with one attached hydrogen (secondary N) is 1. The van der Waals surface area contributed by atoms with Crippen LogP contribution in [0.3, 0.4) is 0 Å². The molecule has 7 nitrogen and oxygen atoms in total. The van der Waals surface area contributed by atoms with Gasteiger partial charge in [0, 0.05) is 32.8 Å². The Balaban J connectivity index is 1.34. The van der Waals surface area contributed by atoms with Crippen LogP contribution in [0, 0.1) is 0 Å². The van der Waals surface area contributed by atoms with Crippen LogP contribution in [0.15, 0.2) is 54.6 Å². The van der Waals surface area contributed by atoms with Crippen molar-refractivity contribution in [1.82, 2.24) is 9.80 Å². The summed E-state index contributed by atoms with van der Waals surface area (Å²) in [6.07, 6.45) is 1.42. The van der Waals surface area contributed by atoms with E-state index < -0.39 is 0 Å². The van der Waals surface area contributed by atoms with E-state index in [0.29, 0.717) is 50.0 Å². The minimum atomic E-state index is -0.308. The third-order valence-electron chi connectivity index (χ3n) is 5.18. The second-order valence-electron chi connectivity index (χ2n) is 7.16. The Morgan fingerprint density at radius 3 is 2.34 bits per heavy atom. The summed E-state index contributed by atoms with van der Waals surface area (Å²) in [6, 6.07) is 16.6. The number of hydrogen-bond donors (Lipinski definition) is 1. The van der Waals surface area contributed by atoms with Gasteiger partial charge in [-0.3, -0.25) is 4.79 Å². The molecule has 0 aromatic heterocycles. The zero-order valence-electron chi connectivity index (χ0n) is 16.3. The summed E-state index contributed by atoms with van der Waals surface area (Å²) >= 11 is 0. The van der Waals surface area contributed by atoms with Crippen LogP contribution < -0.4 is 10.1 Å². The van der Waals surface area contributed by atoms with Crippen LogP contribution in [-0.2, 0) is 9.53 Å². The lowest BCUT2D eigenvalue weighted by atomic mass is 10.2. The highest BCUT2D eigenvalue weighted by atomic mass is 16.5. The van der Waals surface area contributed by atoms with E-state index in [9.17, 15) is 9.59 Å². The van der Waals surface area contributed by atoms with Crippen molar-refractivity contribution in [3.05, 3.63) is 54.6 Å². The van der Waals surface area contributed by atoms with Gasteiger partial charge in [0.05, 0.1) is 5.69 Å². The van der Waals surface area contributed by atoms with Gasteiger partial charge in [-0.1, -0.05) is 30.3 Å². The Morgan fingerprint density at radius 2 is 1.62 bits per heavy atom. The lowest BCUT2D eigenvalue weighted by Crippen LogP contribution is -2.53. The molecule has 0 aliphatic carbocycles. The van der Waals surface area contributed by atoms with Gasteiger partial charge in [-0.2, -0.15) is 0 Å². The molecule has 2 fully saturated rings. The Kier molecular flexibility index (Phi) is 5.95. The molecule has 152 valence electrons. The predicted molar refractivity (Wildman–Crippen MR) is 109 cm³/mol. The number of urea groups is 1. The minimum Gasteiger partial charge on any atom is -0.455 e. The molecule has 1 atom stereocenters. The van der Waals surface area contributed by atoms with E-state index in [0.717, 1.165) is 12.8 Å². The van der Waals surface area contributed by atoms with E-state index in [4.69, 9.17) is 9.47 Å². The SMILES string of the molecule is O=C(Nc1ccccc1Oc1ccccc1)N1CCN(C(=O)C2CCCO2)CC1. The molecule has 7 heteroatoms. The van der Waals surface area contributed by atoms with Gasteiger partial charge < -0.3 is 24.6 Å². The van der Waals surface area contributed by atoms with Gasteiger partial charge in [-0.05, 0) is 37.1 Å². The summed E-state index contributed by atoms with van der Waals surface area (Å²) in [4.78, 5) is 28.7. The van der Waals surface area contributed by atoms with Gasteiger partial charge in [0.1, 0.15) is 11.9 Å². The number of carbonyl (C=O) groups excluding carboxylic acids is 2.